The van der Waals surface area contributed by atoms with Crippen molar-refractivity contribution in [1.82, 2.24) is 0 Å². The largest absolute Gasteiger partial charge is 0.698 e. The number of rotatable bonds is 2. The molecule has 0 aliphatic heterocycles. The molecule has 0 amide bonds. The zero-order chi connectivity index (χ0) is 6.57. The van der Waals surface area contributed by atoms with E-state index in [1.54, 1.807) is 5.92 Å². The van der Waals surface area contributed by atoms with Crippen molar-refractivity contribution < 1.29 is 19.1 Å². The fraction of sp³-hybridized carbons (Fsp3) is 0.333. The summed E-state index contributed by atoms with van der Waals surface area (Å²) in [5.74, 6) is 1.69. The van der Waals surface area contributed by atoms with Gasteiger partial charge in [0.2, 0.25) is 0 Å². The molecule has 0 aromatic heterocycles. The minimum absolute atomic E-state index is 1.58. The predicted octanol–water partition coefficient (Wildman–Crippen LogP) is -0.396. The van der Waals surface area contributed by atoms with Crippen molar-refractivity contribution in [2.45, 2.75) is 6.29 Å². The highest BCUT2D eigenvalue weighted by Gasteiger charge is 2.17. The summed E-state index contributed by atoms with van der Waals surface area (Å²) >= 11 is 0. The van der Waals surface area contributed by atoms with Crippen LogP contribution in [0.5, 0.6) is 0 Å². The standard InChI is InChI=1S/C3H3O4P/c1-2-3(4)7-8(5)6/h1,3-4H/p+1. The number of hydrogen-bond acceptors (Lipinski definition) is 3. The molecule has 2 unspecified atom stereocenters. The molecule has 0 fully saturated rings. The van der Waals surface area contributed by atoms with Crippen LogP contribution in [0.3, 0.4) is 0 Å². The van der Waals surface area contributed by atoms with E-state index in [-0.39, 0.29) is 0 Å². The lowest BCUT2D eigenvalue weighted by Crippen LogP contribution is -2.01. The van der Waals surface area contributed by atoms with Crippen LogP contribution in [0.4, 0.5) is 0 Å². The molecule has 0 heterocycles. The molecule has 2 atom stereocenters. The minimum atomic E-state index is -2.79. The second-order valence-electron chi connectivity index (χ2n) is 0.862. The first-order valence-corrected chi connectivity index (χ1v) is 2.77. The average molecular weight is 135 g/mol. The highest BCUT2D eigenvalue weighted by molar-refractivity contribution is 7.32. The van der Waals surface area contributed by atoms with Gasteiger partial charge in [0.05, 0.1) is 0 Å². The van der Waals surface area contributed by atoms with Gasteiger partial charge in [-0.15, -0.1) is 11.3 Å². The second kappa shape index (κ2) is 3.53. The number of terminal acetylenes is 1. The quantitative estimate of drug-likeness (QED) is 0.307. The predicted molar refractivity (Wildman–Crippen MR) is 25.8 cm³/mol. The molecule has 44 valence electrons. The van der Waals surface area contributed by atoms with Crippen LogP contribution in [0.2, 0.25) is 0 Å². The van der Waals surface area contributed by atoms with E-state index in [1.165, 1.54) is 0 Å². The van der Waals surface area contributed by atoms with E-state index in [0.717, 1.165) is 0 Å². The van der Waals surface area contributed by atoms with Crippen molar-refractivity contribution in [1.29, 1.82) is 0 Å². The molecule has 8 heavy (non-hydrogen) atoms. The van der Waals surface area contributed by atoms with Crippen LogP contribution in [0.15, 0.2) is 0 Å². The lowest BCUT2D eigenvalue weighted by Gasteiger charge is -1.85. The molecule has 0 rings (SSSR count). The number of aliphatic hydroxyl groups is 1. The van der Waals surface area contributed by atoms with Gasteiger partial charge in [-0.1, -0.05) is 4.52 Å². The summed E-state index contributed by atoms with van der Waals surface area (Å²) in [6.45, 7) is 0. The van der Waals surface area contributed by atoms with Gasteiger partial charge >= 0.3 is 8.25 Å². The van der Waals surface area contributed by atoms with Gasteiger partial charge in [-0.05, 0) is 5.92 Å². The summed E-state index contributed by atoms with van der Waals surface area (Å²) in [4.78, 5) is 7.89. The van der Waals surface area contributed by atoms with E-state index in [2.05, 4.69) is 10.9 Å². The topological polar surface area (TPSA) is 66.8 Å². The van der Waals surface area contributed by atoms with E-state index in [0.29, 0.717) is 0 Å². The molecule has 0 spiro atoms. The Balaban J connectivity index is 3.43. The first kappa shape index (κ1) is 7.54. The lowest BCUT2D eigenvalue weighted by molar-refractivity contribution is 0.0312. The Morgan fingerprint density at radius 2 is 2.38 bits per heavy atom. The molecule has 5 heteroatoms. The summed E-state index contributed by atoms with van der Waals surface area (Å²) in [5.41, 5.74) is 0. The van der Waals surface area contributed by atoms with Crippen LogP contribution in [0.25, 0.3) is 0 Å². The zero-order valence-corrected chi connectivity index (χ0v) is 4.71. The lowest BCUT2D eigenvalue weighted by atomic mass is 10.7. The average Bonchev–Trinajstić information content (AvgIpc) is 1.65. The SMILES string of the molecule is C#CC(O)O[P+](=O)O. The van der Waals surface area contributed by atoms with E-state index in [1.807, 2.05) is 0 Å². The molecule has 0 radical (unpaired) electrons. The van der Waals surface area contributed by atoms with Crippen molar-refractivity contribution in [2.24, 2.45) is 0 Å². The molecule has 0 aliphatic carbocycles. The first-order chi connectivity index (χ1) is 3.66. The Hall–Kier alpha value is -0.460. The van der Waals surface area contributed by atoms with Gasteiger partial charge in [0.25, 0.3) is 6.29 Å². The summed E-state index contributed by atoms with van der Waals surface area (Å²) in [6.07, 6.45) is 2.98. The van der Waals surface area contributed by atoms with Crippen LogP contribution in [-0.4, -0.2) is 16.3 Å². The molecule has 0 saturated carbocycles. The van der Waals surface area contributed by atoms with Gasteiger partial charge in [-0.25, -0.2) is 0 Å². The van der Waals surface area contributed by atoms with Crippen molar-refractivity contribution in [2.75, 3.05) is 0 Å². The van der Waals surface area contributed by atoms with Gasteiger partial charge < -0.3 is 5.11 Å². The first-order valence-electron chi connectivity index (χ1n) is 1.64. The van der Waals surface area contributed by atoms with Gasteiger partial charge in [0.1, 0.15) is 0 Å². The summed E-state index contributed by atoms with van der Waals surface area (Å²) in [6, 6.07) is 0. The van der Waals surface area contributed by atoms with Crippen molar-refractivity contribution in [3.63, 3.8) is 0 Å². The third kappa shape index (κ3) is 3.72. The van der Waals surface area contributed by atoms with Crippen LogP contribution in [-0.2, 0) is 9.09 Å². The minimum Gasteiger partial charge on any atom is -0.355 e. The van der Waals surface area contributed by atoms with Gasteiger partial charge in [-0.2, -0.15) is 0 Å². The molecule has 0 aromatic carbocycles. The highest BCUT2D eigenvalue weighted by Crippen LogP contribution is 2.15. The Morgan fingerprint density at radius 3 is 2.50 bits per heavy atom. The highest BCUT2D eigenvalue weighted by atomic mass is 31.1. The third-order valence-electron chi connectivity index (χ3n) is 0.333. The maximum absolute atomic E-state index is 9.64. The van der Waals surface area contributed by atoms with E-state index >= 15 is 0 Å². The Kier molecular flexibility index (Phi) is 3.33. The van der Waals surface area contributed by atoms with Crippen LogP contribution in [0.1, 0.15) is 0 Å². The van der Waals surface area contributed by atoms with Crippen LogP contribution >= 0.6 is 8.25 Å². The van der Waals surface area contributed by atoms with Gasteiger partial charge in [0.15, 0.2) is 0 Å². The van der Waals surface area contributed by atoms with E-state index < -0.39 is 14.5 Å². The summed E-state index contributed by atoms with van der Waals surface area (Å²) in [5, 5.41) is 8.23. The molecule has 0 saturated heterocycles. The van der Waals surface area contributed by atoms with Crippen LogP contribution < -0.4 is 0 Å². The van der Waals surface area contributed by atoms with E-state index in [9.17, 15) is 4.57 Å². The summed E-state index contributed by atoms with van der Waals surface area (Å²) < 4.78 is 13.4. The molecular weight excluding hydrogens is 131 g/mol. The molecule has 2 N–H and O–H groups in total. The summed E-state index contributed by atoms with van der Waals surface area (Å²) in [7, 11) is -2.79. The monoisotopic (exact) mass is 135 g/mol. The number of hydrogen-bond donors (Lipinski definition) is 2. The molecule has 0 aromatic rings. The molecule has 0 aliphatic rings. The molecule has 4 nitrogen and oxygen atoms in total. The van der Waals surface area contributed by atoms with Crippen LogP contribution in [0, 0.1) is 12.3 Å². The normalized spacial score (nSPS) is 14.4. The zero-order valence-electron chi connectivity index (χ0n) is 3.81. The Labute approximate surface area is 47.0 Å². The smallest absolute Gasteiger partial charge is 0.355 e. The van der Waals surface area contributed by atoms with E-state index in [4.69, 9.17) is 10.00 Å². The molecule has 0 bridgehead atoms. The Morgan fingerprint density at radius 1 is 1.88 bits per heavy atom. The number of aliphatic hydroxyl groups excluding tert-OH is 1. The third-order valence-corrected chi connectivity index (χ3v) is 0.713. The maximum Gasteiger partial charge on any atom is 0.698 e. The molecular formula is C3H4O4P+. The van der Waals surface area contributed by atoms with Gasteiger partial charge in [-0.3, -0.25) is 0 Å². The van der Waals surface area contributed by atoms with Crippen molar-refractivity contribution in [3.05, 3.63) is 0 Å². The van der Waals surface area contributed by atoms with Gasteiger partial charge in [0, 0.05) is 4.57 Å². The maximum atomic E-state index is 9.64. The van der Waals surface area contributed by atoms with Crippen molar-refractivity contribution in [3.8, 4) is 12.3 Å². The fourth-order valence-corrected chi connectivity index (χ4v) is 0.348. The second-order valence-corrected chi connectivity index (χ2v) is 1.55. The Bertz CT molecular complexity index is 126. The fourth-order valence-electron chi connectivity index (χ4n) is 0.116. The van der Waals surface area contributed by atoms with Crippen molar-refractivity contribution >= 4 is 8.25 Å².